The average Bonchev–Trinajstić information content (AvgIpc) is 2.97. The molecule has 1 aromatic heterocycles. The fourth-order valence-electron chi connectivity index (χ4n) is 2.30. The van der Waals surface area contributed by atoms with Crippen molar-refractivity contribution in [1.29, 1.82) is 0 Å². The Hall–Kier alpha value is -2.80. The van der Waals surface area contributed by atoms with E-state index in [1.54, 1.807) is 37.6 Å². The lowest BCUT2D eigenvalue weighted by Gasteiger charge is -2.03. The summed E-state index contributed by atoms with van der Waals surface area (Å²) in [5.41, 5.74) is 2.66. The first kappa shape index (κ1) is 16.1. The zero-order valence-corrected chi connectivity index (χ0v) is 14.1. The van der Waals surface area contributed by atoms with Crippen molar-refractivity contribution >= 4 is 27.1 Å². The van der Waals surface area contributed by atoms with Crippen LogP contribution in [0.15, 0.2) is 58.7 Å². The van der Waals surface area contributed by atoms with Crippen molar-refractivity contribution in [2.75, 3.05) is 7.11 Å². The number of hydrogen-bond donors (Lipinski definition) is 2. The number of benzene rings is 2. The topological polar surface area (TPSA) is 83.5 Å². The molecule has 124 valence electrons. The SMILES string of the molecule is COc1ccc2c(/C=N\NS(=O)(=O)c3ccc(C)cc3)c[nH]c2c1. The zero-order chi connectivity index (χ0) is 17.2. The van der Waals surface area contributed by atoms with Gasteiger partial charge in [0, 0.05) is 28.7 Å². The molecular formula is C17H17N3O3S. The summed E-state index contributed by atoms with van der Waals surface area (Å²) in [6, 6.07) is 12.2. The number of sulfonamides is 1. The van der Waals surface area contributed by atoms with E-state index in [9.17, 15) is 8.42 Å². The summed E-state index contributed by atoms with van der Waals surface area (Å²) in [6.45, 7) is 1.90. The van der Waals surface area contributed by atoms with Gasteiger partial charge in [0.05, 0.1) is 18.2 Å². The van der Waals surface area contributed by atoms with E-state index in [-0.39, 0.29) is 4.90 Å². The van der Waals surface area contributed by atoms with Crippen molar-refractivity contribution < 1.29 is 13.2 Å². The number of H-pyrrole nitrogens is 1. The predicted octanol–water partition coefficient (Wildman–Crippen LogP) is 2.80. The van der Waals surface area contributed by atoms with Crippen LogP contribution in [0.1, 0.15) is 11.1 Å². The molecule has 0 fully saturated rings. The van der Waals surface area contributed by atoms with E-state index in [4.69, 9.17) is 4.74 Å². The number of methoxy groups -OCH3 is 1. The number of nitrogens with one attached hydrogen (secondary N) is 2. The van der Waals surface area contributed by atoms with Gasteiger partial charge in [0.2, 0.25) is 0 Å². The molecule has 0 spiro atoms. The molecule has 0 amide bonds. The van der Waals surface area contributed by atoms with Crippen molar-refractivity contribution in [3.8, 4) is 5.75 Å². The van der Waals surface area contributed by atoms with Gasteiger partial charge in [-0.25, -0.2) is 4.83 Å². The molecule has 24 heavy (non-hydrogen) atoms. The molecule has 0 aliphatic carbocycles. The van der Waals surface area contributed by atoms with Gasteiger partial charge in [-0.3, -0.25) is 0 Å². The fourth-order valence-corrected chi connectivity index (χ4v) is 3.09. The third-order valence-corrected chi connectivity index (χ3v) is 4.87. The highest BCUT2D eigenvalue weighted by atomic mass is 32.2. The van der Waals surface area contributed by atoms with Crippen LogP contribution in [0, 0.1) is 6.92 Å². The standard InChI is InChI=1S/C17H17N3O3S/c1-12-3-6-15(7-4-12)24(21,22)20-19-11-13-10-18-17-9-14(23-2)5-8-16(13)17/h3-11,18,20H,1-2H3/b19-11-. The second-order valence-electron chi connectivity index (χ2n) is 5.32. The molecule has 2 aromatic carbocycles. The number of fused-ring (bicyclic) bond motifs is 1. The van der Waals surface area contributed by atoms with Gasteiger partial charge in [0.25, 0.3) is 10.0 Å². The lowest BCUT2D eigenvalue weighted by Crippen LogP contribution is -2.18. The first-order valence-electron chi connectivity index (χ1n) is 7.26. The number of rotatable bonds is 5. The van der Waals surface area contributed by atoms with Crippen LogP contribution in [0.4, 0.5) is 0 Å². The molecule has 6 nitrogen and oxygen atoms in total. The Morgan fingerprint density at radius 2 is 1.92 bits per heavy atom. The minimum Gasteiger partial charge on any atom is -0.497 e. The predicted molar refractivity (Wildman–Crippen MR) is 93.9 cm³/mol. The smallest absolute Gasteiger partial charge is 0.276 e. The molecule has 0 bridgehead atoms. The largest absolute Gasteiger partial charge is 0.497 e. The van der Waals surface area contributed by atoms with Crippen LogP contribution in [-0.4, -0.2) is 26.7 Å². The van der Waals surface area contributed by atoms with E-state index in [0.717, 1.165) is 27.8 Å². The van der Waals surface area contributed by atoms with Gasteiger partial charge in [-0.05, 0) is 31.2 Å². The molecule has 0 radical (unpaired) electrons. The Bertz CT molecular complexity index is 990. The Morgan fingerprint density at radius 3 is 2.62 bits per heavy atom. The van der Waals surface area contributed by atoms with Gasteiger partial charge in [-0.2, -0.15) is 13.5 Å². The van der Waals surface area contributed by atoms with E-state index in [2.05, 4.69) is 14.9 Å². The summed E-state index contributed by atoms with van der Waals surface area (Å²) in [5, 5.41) is 4.79. The maximum absolute atomic E-state index is 12.2. The lowest BCUT2D eigenvalue weighted by molar-refractivity contribution is 0.415. The highest BCUT2D eigenvalue weighted by Gasteiger charge is 2.12. The van der Waals surface area contributed by atoms with Crippen LogP contribution in [0.3, 0.4) is 0 Å². The number of nitrogens with zero attached hydrogens (tertiary/aromatic N) is 1. The molecule has 0 aliphatic rings. The van der Waals surface area contributed by atoms with E-state index in [1.807, 2.05) is 25.1 Å². The lowest BCUT2D eigenvalue weighted by atomic mass is 10.2. The van der Waals surface area contributed by atoms with Gasteiger partial charge < -0.3 is 9.72 Å². The van der Waals surface area contributed by atoms with Crippen molar-refractivity contribution in [2.45, 2.75) is 11.8 Å². The van der Waals surface area contributed by atoms with Gasteiger partial charge in [-0.15, -0.1) is 0 Å². The Morgan fingerprint density at radius 1 is 1.17 bits per heavy atom. The third-order valence-electron chi connectivity index (χ3n) is 3.63. The van der Waals surface area contributed by atoms with Crippen molar-refractivity contribution in [3.05, 3.63) is 59.8 Å². The van der Waals surface area contributed by atoms with Crippen molar-refractivity contribution in [3.63, 3.8) is 0 Å². The van der Waals surface area contributed by atoms with Crippen LogP contribution >= 0.6 is 0 Å². The van der Waals surface area contributed by atoms with Crippen LogP contribution in [-0.2, 0) is 10.0 Å². The van der Waals surface area contributed by atoms with Crippen molar-refractivity contribution in [2.24, 2.45) is 5.10 Å². The van der Waals surface area contributed by atoms with Gasteiger partial charge in [0.1, 0.15) is 5.75 Å². The molecule has 1 heterocycles. The van der Waals surface area contributed by atoms with Gasteiger partial charge in [-0.1, -0.05) is 17.7 Å². The number of aryl methyl sites for hydroxylation is 1. The number of hydrazone groups is 1. The highest BCUT2D eigenvalue weighted by molar-refractivity contribution is 7.89. The monoisotopic (exact) mass is 343 g/mol. The molecule has 0 saturated carbocycles. The summed E-state index contributed by atoms with van der Waals surface area (Å²) in [4.78, 5) is 5.50. The number of hydrogen-bond acceptors (Lipinski definition) is 4. The molecule has 0 aliphatic heterocycles. The Labute approximate surface area is 140 Å². The molecule has 2 N–H and O–H groups in total. The number of ether oxygens (including phenoxy) is 1. The van der Waals surface area contributed by atoms with E-state index < -0.39 is 10.0 Å². The van der Waals surface area contributed by atoms with Crippen molar-refractivity contribution in [1.82, 2.24) is 9.82 Å². The Kier molecular flexibility index (Phi) is 4.26. The molecule has 0 atom stereocenters. The summed E-state index contributed by atoms with van der Waals surface area (Å²) >= 11 is 0. The van der Waals surface area contributed by atoms with E-state index >= 15 is 0 Å². The maximum atomic E-state index is 12.2. The number of aromatic amines is 1. The summed E-state index contributed by atoms with van der Waals surface area (Å²) in [6.07, 6.45) is 3.23. The van der Waals surface area contributed by atoms with Gasteiger partial charge >= 0.3 is 0 Å². The van der Waals surface area contributed by atoms with Gasteiger partial charge in [0.15, 0.2) is 0 Å². The highest BCUT2D eigenvalue weighted by Crippen LogP contribution is 2.22. The number of aromatic nitrogens is 1. The normalized spacial score (nSPS) is 11.9. The summed E-state index contributed by atoms with van der Waals surface area (Å²) < 4.78 is 29.5. The van der Waals surface area contributed by atoms with Crippen LogP contribution in [0.2, 0.25) is 0 Å². The van der Waals surface area contributed by atoms with E-state index in [0.29, 0.717) is 0 Å². The average molecular weight is 343 g/mol. The molecule has 0 saturated heterocycles. The first-order chi connectivity index (χ1) is 11.5. The second-order valence-corrected chi connectivity index (χ2v) is 6.98. The van der Waals surface area contributed by atoms with Crippen LogP contribution in [0.5, 0.6) is 5.75 Å². The quantitative estimate of drug-likeness (QED) is 0.552. The zero-order valence-electron chi connectivity index (χ0n) is 13.3. The maximum Gasteiger partial charge on any atom is 0.276 e. The minimum absolute atomic E-state index is 0.175. The molecule has 3 rings (SSSR count). The minimum atomic E-state index is -3.67. The molecule has 7 heteroatoms. The summed E-state index contributed by atoms with van der Waals surface area (Å²) in [5.74, 6) is 0.743. The Balaban J connectivity index is 1.80. The summed E-state index contributed by atoms with van der Waals surface area (Å²) in [7, 11) is -2.07. The van der Waals surface area contributed by atoms with Crippen LogP contribution < -0.4 is 9.57 Å². The third kappa shape index (κ3) is 3.26. The first-order valence-corrected chi connectivity index (χ1v) is 8.74. The second kappa shape index (κ2) is 6.37. The fraction of sp³-hybridized carbons (Fsp3) is 0.118. The molecule has 3 aromatic rings. The molecule has 0 unspecified atom stereocenters. The molecular weight excluding hydrogens is 326 g/mol. The van der Waals surface area contributed by atoms with Crippen LogP contribution in [0.25, 0.3) is 10.9 Å². The van der Waals surface area contributed by atoms with E-state index in [1.165, 1.54) is 6.21 Å².